The number of ketones is 1. The quantitative estimate of drug-likeness (QED) is 0.742. The number of nitrogens with zero attached hydrogens (tertiary/aromatic N) is 2. The van der Waals surface area contributed by atoms with Crippen molar-refractivity contribution in [1.29, 1.82) is 0 Å². The predicted octanol–water partition coefficient (Wildman–Crippen LogP) is 1.83. The minimum atomic E-state index is -0.656. The third-order valence-electron chi connectivity index (χ3n) is 3.31. The van der Waals surface area contributed by atoms with Crippen molar-refractivity contribution in [3.63, 3.8) is 0 Å². The number of fused-ring (bicyclic) bond motifs is 1. The van der Waals surface area contributed by atoms with Gasteiger partial charge in [0.2, 0.25) is 5.91 Å². The smallest absolute Gasteiger partial charge is 0.408 e. The maximum atomic E-state index is 12.0. The molecule has 0 aliphatic heterocycles. The number of oxazole rings is 1. The summed E-state index contributed by atoms with van der Waals surface area (Å²) in [6.45, 7) is 1.22. The average molecular weight is 311 g/mol. The zero-order valence-corrected chi connectivity index (χ0v) is 12.3. The van der Waals surface area contributed by atoms with E-state index in [1.165, 1.54) is 17.6 Å². The topological polar surface area (TPSA) is 94.2 Å². The molecule has 0 fully saturated rings. The molecule has 1 amide bonds. The molecule has 0 atom stereocenters. The second-order valence-electron chi connectivity index (χ2n) is 4.96. The average Bonchev–Trinajstić information content (AvgIpc) is 2.83. The minimum Gasteiger partial charge on any atom is -0.408 e. The molecule has 0 unspecified atom stereocenters. The number of carbonyl (C=O) groups is 2. The van der Waals surface area contributed by atoms with E-state index in [-0.39, 0.29) is 17.9 Å². The lowest BCUT2D eigenvalue weighted by Gasteiger charge is -2.04. The maximum Gasteiger partial charge on any atom is 0.420 e. The molecule has 2 aromatic heterocycles. The van der Waals surface area contributed by atoms with E-state index < -0.39 is 11.7 Å². The molecule has 0 radical (unpaired) electrons. The molecule has 7 heteroatoms. The Morgan fingerprint density at radius 1 is 1.26 bits per heavy atom. The van der Waals surface area contributed by atoms with Crippen LogP contribution in [0.1, 0.15) is 17.3 Å². The summed E-state index contributed by atoms with van der Waals surface area (Å²) in [5, 5.41) is 2.60. The summed E-state index contributed by atoms with van der Waals surface area (Å²) in [7, 11) is 0. The van der Waals surface area contributed by atoms with Gasteiger partial charge in [0.15, 0.2) is 11.4 Å². The first-order valence-corrected chi connectivity index (χ1v) is 6.90. The van der Waals surface area contributed by atoms with E-state index in [1.807, 2.05) is 0 Å². The minimum absolute atomic E-state index is 0.129. The van der Waals surface area contributed by atoms with E-state index in [2.05, 4.69) is 10.3 Å². The number of amides is 1. The van der Waals surface area contributed by atoms with E-state index in [1.54, 1.807) is 36.5 Å². The Hall–Kier alpha value is -3.22. The summed E-state index contributed by atoms with van der Waals surface area (Å²) in [6, 6.07) is 9.79. The fourth-order valence-electron chi connectivity index (χ4n) is 2.20. The highest BCUT2D eigenvalue weighted by atomic mass is 16.4. The summed E-state index contributed by atoms with van der Waals surface area (Å²) < 4.78 is 6.31. The number of benzene rings is 1. The van der Waals surface area contributed by atoms with Crippen molar-refractivity contribution in [3.05, 3.63) is 58.7 Å². The van der Waals surface area contributed by atoms with Crippen molar-refractivity contribution in [1.82, 2.24) is 9.55 Å². The van der Waals surface area contributed by atoms with Gasteiger partial charge in [-0.1, -0.05) is 6.07 Å². The van der Waals surface area contributed by atoms with E-state index >= 15 is 0 Å². The van der Waals surface area contributed by atoms with Gasteiger partial charge >= 0.3 is 5.76 Å². The van der Waals surface area contributed by atoms with Crippen molar-refractivity contribution >= 4 is 28.6 Å². The van der Waals surface area contributed by atoms with Gasteiger partial charge in [0, 0.05) is 11.8 Å². The van der Waals surface area contributed by atoms with Crippen LogP contribution < -0.4 is 11.1 Å². The standard InChI is InChI=1S/C16H13N3O4/c1-10(20)11-5-6-12-13(8-11)23-16(22)19(12)9-15(21)18-14-4-2-3-7-17-14/h2-8H,9H2,1H3,(H,17,18,21). The molecule has 116 valence electrons. The SMILES string of the molecule is CC(=O)c1ccc2c(c1)oc(=O)n2CC(=O)Nc1ccccn1. The number of carbonyl (C=O) groups excluding carboxylic acids is 2. The van der Waals surface area contributed by atoms with Crippen LogP contribution in [0, 0.1) is 0 Å². The molecule has 7 nitrogen and oxygen atoms in total. The second-order valence-corrected chi connectivity index (χ2v) is 4.96. The van der Waals surface area contributed by atoms with Crippen LogP contribution in [0.4, 0.5) is 5.82 Å². The molecule has 1 N–H and O–H groups in total. The van der Waals surface area contributed by atoms with Gasteiger partial charge in [0.25, 0.3) is 0 Å². The molecule has 0 aliphatic carbocycles. The van der Waals surface area contributed by atoms with Gasteiger partial charge in [-0.3, -0.25) is 14.2 Å². The van der Waals surface area contributed by atoms with Crippen molar-refractivity contribution in [2.24, 2.45) is 0 Å². The highest BCUT2D eigenvalue weighted by Gasteiger charge is 2.14. The van der Waals surface area contributed by atoms with Gasteiger partial charge in [0.1, 0.15) is 12.4 Å². The Morgan fingerprint density at radius 3 is 2.78 bits per heavy atom. The Balaban J connectivity index is 1.88. The maximum absolute atomic E-state index is 12.0. The molecule has 23 heavy (non-hydrogen) atoms. The number of nitrogens with one attached hydrogen (secondary N) is 1. The van der Waals surface area contributed by atoms with E-state index in [4.69, 9.17) is 4.42 Å². The zero-order chi connectivity index (χ0) is 16.4. The van der Waals surface area contributed by atoms with Gasteiger partial charge in [-0.15, -0.1) is 0 Å². The Labute approximate surface area is 130 Å². The molecular weight excluding hydrogens is 298 g/mol. The van der Waals surface area contributed by atoms with Crippen LogP contribution in [0.5, 0.6) is 0 Å². The molecular formula is C16H13N3O4. The van der Waals surface area contributed by atoms with E-state index in [0.717, 1.165) is 0 Å². The van der Waals surface area contributed by atoms with Crippen LogP contribution in [-0.2, 0) is 11.3 Å². The van der Waals surface area contributed by atoms with Crippen molar-refractivity contribution in [2.45, 2.75) is 13.5 Å². The fourth-order valence-corrected chi connectivity index (χ4v) is 2.20. The number of aromatic nitrogens is 2. The first-order chi connectivity index (χ1) is 11.0. The molecule has 1 aromatic carbocycles. The molecule has 0 aliphatic rings. The van der Waals surface area contributed by atoms with Crippen molar-refractivity contribution < 1.29 is 14.0 Å². The molecule has 2 heterocycles. The number of anilines is 1. The van der Waals surface area contributed by atoms with Gasteiger partial charge in [-0.05, 0) is 37.3 Å². The molecule has 3 rings (SSSR count). The summed E-state index contributed by atoms with van der Waals surface area (Å²) in [5.41, 5.74) is 1.17. The Morgan fingerprint density at radius 2 is 2.09 bits per heavy atom. The normalized spacial score (nSPS) is 10.7. The molecule has 0 saturated carbocycles. The first kappa shape index (κ1) is 14.7. The molecule has 0 bridgehead atoms. The lowest BCUT2D eigenvalue weighted by Crippen LogP contribution is -2.25. The summed E-state index contributed by atoms with van der Waals surface area (Å²) in [5.74, 6) is -0.784. The van der Waals surface area contributed by atoms with Crippen LogP contribution in [-0.4, -0.2) is 21.2 Å². The summed E-state index contributed by atoms with van der Waals surface area (Å²) >= 11 is 0. The fraction of sp³-hybridized carbons (Fsp3) is 0.125. The van der Waals surface area contributed by atoms with Crippen molar-refractivity contribution in [3.8, 4) is 0 Å². The van der Waals surface area contributed by atoms with Gasteiger partial charge in [-0.2, -0.15) is 0 Å². The first-order valence-electron chi connectivity index (χ1n) is 6.90. The number of Topliss-reactive ketones (excluding diaryl/α,β-unsaturated/α-hetero) is 1. The molecule has 3 aromatic rings. The lowest BCUT2D eigenvalue weighted by molar-refractivity contribution is -0.116. The highest BCUT2D eigenvalue weighted by molar-refractivity contribution is 5.97. The van der Waals surface area contributed by atoms with E-state index in [0.29, 0.717) is 16.9 Å². The van der Waals surface area contributed by atoms with E-state index in [9.17, 15) is 14.4 Å². The molecule has 0 spiro atoms. The number of pyridine rings is 1. The second kappa shape index (κ2) is 5.88. The number of hydrogen-bond donors (Lipinski definition) is 1. The zero-order valence-electron chi connectivity index (χ0n) is 12.3. The van der Waals surface area contributed by atoms with Crippen molar-refractivity contribution in [2.75, 3.05) is 5.32 Å². The Bertz CT molecular complexity index is 941. The summed E-state index contributed by atoms with van der Waals surface area (Å²) in [6.07, 6.45) is 1.55. The third-order valence-corrected chi connectivity index (χ3v) is 3.31. The number of hydrogen-bond acceptors (Lipinski definition) is 5. The summed E-state index contributed by atoms with van der Waals surface area (Å²) in [4.78, 5) is 39.3. The number of rotatable bonds is 4. The Kier molecular flexibility index (Phi) is 3.76. The highest BCUT2D eigenvalue weighted by Crippen LogP contribution is 2.15. The third kappa shape index (κ3) is 3.03. The molecule has 0 saturated heterocycles. The lowest BCUT2D eigenvalue weighted by atomic mass is 10.1. The van der Waals surface area contributed by atoms with Crippen LogP contribution in [0.25, 0.3) is 11.1 Å². The van der Waals surface area contributed by atoms with Crippen LogP contribution in [0.2, 0.25) is 0 Å². The monoisotopic (exact) mass is 311 g/mol. The van der Waals surface area contributed by atoms with Crippen LogP contribution >= 0.6 is 0 Å². The van der Waals surface area contributed by atoms with Crippen LogP contribution in [0.3, 0.4) is 0 Å². The van der Waals surface area contributed by atoms with Gasteiger partial charge < -0.3 is 9.73 Å². The largest absolute Gasteiger partial charge is 0.420 e. The van der Waals surface area contributed by atoms with Crippen LogP contribution in [0.15, 0.2) is 51.8 Å². The van der Waals surface area contributed by atoms with Gasteiger partial charge in [-0.25, -0.2) is 9.78 Å². The predicted molar refractivity (Wildman–Crippen MR) is 83.3 cm³/mol. The van der Waals surface area contributed by atoms with Gasteiger partial charge in [0.05, 0.1) is 5.52 Å².